The SMILES string of the molecule is CCOc1ccccc1[C@@H]1C(C#N)=C(N)OC2=C1C(=O)CC(C)(C)C2. The maximum Gasteiger partial charge on any atom is 0.205 e. The Labute approximate surface area is 147 Å². The Hall–Kier alpha value is -2.74. The summed E-state index contributed by atoms with van der Waals surface area (Å²) in [5.41, 5.74) is 7.41. The van der Waals surface area contributed by atoms with Gasteiger partial charge in [0.15, 0.2) is 5.78 Å². The van der Waals surface area contributed by atoms with Crippen molar-refractivity contribution in [3.05, 3.63) is 52.6 Å². The van der Waals surface area contributed by atoms with Crippen molar-refractivity contribution in [1.29, 1.82) is 5.26 Å². The molecule has 5 nitrogen and oxygen atoms in total. The van der Waals surface area contributed by atoms with E-state index in [1.54, 1.807) is 0 Å². The van der Waals surface area contributed by atoms with Crippen LogP contribution in [-0.2, 0) is 9.53 Å². The number of carbonyl (C=O) groups excluding carboxylic acids is 1. The van der Waals surface area contributed by atoms with Crippen molar-refractivity contribution in [3.63, 3.8) is 0 Å². The second kappa shape index (κ2) is 6.29. The minimum Gasteiger partial charge on any atom is -0.494 e. The highest BCUT2D eigenvalue weighted by molar-refractivity contribution is 6.00. The largest absolute Gasteiger partial charge is 0.494 e. The van der Waals surface area contributed by atoms with Gasteiger partial charge in [0, 0.05) is 24.0 Å². The third-order valence-electron chi connectivity index (χ3n) is 4.61. The van der Waals surface area contributed by atoms with E-state index in [2.05, 4.69) is 6.07 Å². The van der Waals surface area contributed by atoms with E-state index in [1.165, 1.54) is 0 Å². The van der Waals surface area contributed by atoms with Gasteiger partial charge in [-0.05, 0) is 18.4 Å². The van der Waals surface area contributed by atoms with Crippen LogP contribution in [-0.4, -0.2) is 12.4 Å². The monoisotopic (exact) mass is 338 g/mol. The van der Waals surface area contributed by atoms with Gasteiger partial charge in [0.05, 0.1) is 12.5 Å². The van der Waals surface area contributed by atoms with Crippen LogP contribution in [0, 0.1) is 16.7 Å². The molecule has 1 aliphatic carbocycles. The molecule has 2 N–H and O–H groups in total. The lowest BCUT2D eigenvalue weighted by Gasteiger charge is -2.37. The van der Waals surface area contributed by atoms with Crippen LogP contribution in [0.2, 0.25) is 0 Å². The first-order chi connectivity index (χ1) is 11.9. The van der Waals surface area contributed by atoms with Crippen LogP contribution < -0.4 is 10.5 Å². The lowest BCUT2D eigenvalue weighted by atomic mass is 9.70. The Morgan fingerprint density at radius 2 is 2.08 bits per heavy atom. The van der Waals surface area contributed by atoms with E-state index in [-0.39, 0.29) is 22.7 Å². The molecule has 0 bridgehead atoms. The third kappa shape index (κ3) is 3.00. The Morgan fingerprint density at radius 3 is 2.76 bits per heavy atom. The molecule has 0 saturated carbocycles. The lowest BCUT2D eigenvalue weighted by molar-refractivity contribution is -0.119. The predicted molar refractivity (Wildman–Crippen MR) is 93.3 cm³/mol. The minimum absolute atomic E-state index is 0.00259. The van der Waals surface area contributed by atoms with Gasteiger partial charge >= 0.3 is 0 Å². The zero-order chi connectivity index (χ0) is 18.2. The molecule has 5 heteroatoms. The normalized spacial score (nSPS) is 22.2. The van der Waals surface area contributed by atoms with Crippen LogP contribution in [0.1, 0.15) is 45.1 Å². The number of nitrogens with two attached hydrogens (primary N) is 1. The van der Waals surface area contributed by atoms with Gasteiger partial charge in [-0.1, -0.05) is 32.0 Å². The molecular formula is C20H22N2O3. The number of rotatable bonds is 3. The molecule has 130 valence electrons. The quantitative estimate of drug-likeness (QED) is 0.911. The fourth-order valence-electron chi connectivity index (χ4n) is 3.60. The molecule has 1 heterocycles. The lowest BCUT2D eigenvalue weighted by Crippen LogP contribution is -2.33. The molecule has 3 rings (SSSR count). The predicted octanol–water partition coefficient (Wildman–Crippen LogP) is 3.54. The van der Waals surface area contributed by atoms with Crippen molar-refractivity contribution in [2.24, 2.45) is 11.1 Å². The summed E-state index contributed by atoms with van der Waals surface area (Å²) in [5, 5.41) is 9.65. The van der Waals surface area contributed by atoms with Gasteiger partial charge in [-0.25, -0.2) is 0 Å². The highest BCUT2D eigenvalue weighted by Crippen LogP contribution is 2.49. The van der Waals surface area contributed by atoms with Gasteiger partial charge in [0.1, 0.15) is 23.2 Å². The molecule has 0 saturated heterocycles. The van der Waals surface area contributed by atoms with Gasteiger partial charge in [0.25, 0.3) is 0 Å². The third-order valence-corrected chi connectivity index (χ3v) is 4.61. The van der Waals surface area contributed by atoms with E-state index in [4.69, 9.17) is 15.2 Å². The van der Waals surface area contributed by atoms with Crippen LogP contribution >= 0.6 is 0 Å². The second-order valence-electron chi connectivity index (χ2n) is 7.17. The van der Waals surface area contributed by atoms with Gasteiger partial charge in [-0.2, -0.15) is 5.26 Å². The number of nitriles is 1. The summed E-state index contributed by atoms with van der Waals surface area (Å²) >= 11 is 0. The first-order valence-electron chi connectivity index (χ1n) is 8.43. The van der Waals surface area contributed by atoms with Crippen molar-refractivity contribution in [1.82, 2.24) is 0 Å². The van der Waals surface area contributed by atoms with E-state index < -0.39 is 5.92 Å². The van der Waals surface area contributed by atoms with E-state index in [9.17, 15) is 10.1 Å². The number of benzene rings is 1. The molecule has 1 aromatic rings. The average molecular weight is 338 g/mol. The average Bonchev–Trinajstić information content (AvgIpc) is 2.53. The second-order valence-corrected chi connectivity index (χ2v) is 7.17. The van der Waals surface area contributed by atoms with Gasteiger partial charge in [-0.3, -0.25) is 4.79 Å². The zero-order valence-corrected chi connectivity index (χ0v) is 14.8. The van der Waals surface area contributed by atoms with Crippen LogP contribution in [0.5, 0.6) is 5.75 Å². The number of ether oxygens (including phenoxy) is 2. The summed E-state index contributed by atoms with van der Waals surface area (Å²) in [5.74, 6) is 0.766. The molecule has 2 aliphatic rings. The van der Waals surface area contributed by atoms with Crippen molar-refractivity contribution in [2.75, 3.05) is 6.61 Å². The molecule has 0 radical (unpaired) electrons. The molecule has 0 aromatic heterocycles. The van der Waals surface area contributed by atoms with Gasteiger partial charge in [-0.15, -0.1) is 0 Å². The van der Waals surface area contributed by atoms with Gasteiger partial charge in [0.2, 0.25) is 5.88 Å². The van der Waals surface area contributed by atoms with E-state index in [1.807, 2.05) is 45.0 Å². The first kappa shape index (κ1) is 17.1. The van der Waals surface area contributed by atoms with Crippen molar-refractivity contribution < 1.29 is 14.3 Å². The fourth-order valence-corrected chi connectivity index (χ4v) is 3.60. The van der Waals surface area contributed by atoms with Crippen LogP contribution in [0.15, 0.2) is 47.1 Å². The number of Topliss-reactive ketones (excluding diaryl/α,β-unsaturated/α-hetero) is 1. The van der Waals surface area contributed by atoms with E-state index in [0.29, 0.717) is 36.5 Å². The Morgan fingerprint density at radius 1 is 1.36 bits per heavy atom. The summed E-state index contributed by atoms with van der Waals surface area (Å²) in [4.78, 5) is 12.9. The summed E-state index contributed by atoms with van der Waals surface area (Å²) in [6.45, 7) is 6.45. The number of hydrogen-bond acceptors (Lipinski definition) is 5. The highest BCUT2D eigenvalue weighted by atomic mass is 16.5. The Bertz CT molecular complexity index is 828. The van der Waals surface area contributed by atoms with E-state index in [0.717, 1.165) is 5.56 Å². The molecule has 0 amide bonds. The maximum atomic E-state index is 12.9. The van der Waals surface area contributed by atoms with Crippen LogP contribution in [0.25, 0.3) is 0 Å². The summed E-state index contributed by atoms with van der Waals surface area (Å²) < 4.78 is 11.4. The van der Waals surface area contributed by atoms with Crippen molar-refractivity contribution in [3.8, 4) is 11.8 Å². The molecule has 1 aliphatic heterocycles. The summed E-state index contributed by atoms with van der Waals surface area (Å²) in [6.07, 6.45) is 1.03. The fraction of sp³-hybridized carbons (Fsp3) is 0.400. The molecule has 25 heavy (non-hydrogen) atoms. The minimum atomic E-state index is -0.542. The van der Waals surface area contributed by atoms with E-state index >= 15 is 0 Å². The molecule has 1 atom stereocenters. The molecule has 0 spiro atoms. The molecule has 0 unspecified atom stereocenters. The Kier molecular flexibility index (Phi) is 4.30. The highest BCUT2D eigenvalue weighted by Gasteiger charge is 2.43. The zero-order valence-electron chi connectivity index (χ0n) is 14.8. The Balaban J connectivity index is 2.20. The smallest absolute Gasteiger partial charge is 0.205 e. The number of nitrogens with zero attached hydrogens (tertiary/aromatic N) is 1. The number of para-hydroxylation sites is 1. The molecule has 0 fully saturated rings. The van der Waals surface area contributed by atoms with Gasteiger partial charge < -0.3 is 15.2 Å². The first-order valence-corrected chi connectivity index (χ1v) is 8.43. The maximum absolute atomic E-state index is 12.9. The van der Waals surface area contributed by atoms with Crippen LogP contribution in [0.4, 0.5) is 0 Å². The number of ketones is 1. The van der Waals surface area contributed by atoms with Crippen LogP contribution in [0.3, 0.4) is 0 Å². The topological polar surface area (TPSA) is 85.3 Å². The van der Waals surface area contributed by atoms with Crippen molar-refractivity contribution >= 4 is 5.78 Å². The standard InChI is InChI=1S/C20H22N2O3/c1-4-24-15-8-6-5-7-12(15)17-13(11-21)19(22)25-16-10-20(2,3)9-14(23)18(16)17/h5-8,17H,4,9-10,22H2,1-3H3/t17-/m1/s1. The number of carbonyl (C=O) groups is 1. The summed E-state index contributed by atoms with van der Waals surface area (Å²) in [7, 11) is 0. The molecular weight excluding hydrogens is 316 g/mol. The van der Waals surface area contributed by atoms with Crippen molar-refractivity contribution in [2.45, 2.75) is 39.5 Å². The number of allylic oxidation sites excluding steroid dienone is 3. The molecule has 1 aromatic carbocycles. The number of hydrogen-bond donors (Lipinski definition) is 1. The summed E-state index contributed by atoms with van der Waals surface area (Å²) in [6, 6.07) is 9.60.